The summed E-state index contributed by atoms with van der Waals surface area (Å²) in [5.41, 5.74) is -0.447. The van der Waals surface area contributed by atoms with Crippen LogP contribution in [0.1, 0.15) is 26.3 Å². The van der Waals surface area contributed by atoms with Crippen LogP contribution in [-0.4, -0.2) is 23.9 Å². The van der Waals surface area contributed by atoms with Crippen molar-refractivity contribution in [3.63, 3.8) is 0 Å². The Kier molecular flexibility index (Phi) is 5.00. The lowest BCUT2D eigenvalue weighted by molar-refractivity contribution is 0.0271. The Hall–Kier alpha value is -1.25. The zero-order chi connectivity index (χ0) is 13.8. The molecule has 0 amide bonds. The first-order chi connectivity index (χ1) is 8.37. The van der Waals surface area contributed by atoms with E-state index in [-0.39, 0.29) is 6.61 Å². The topological polar surface area (TPSA) is 62.5 Å². The van der Waals surface area contributed by atoms with Crippen molar-refractivity contribution in [2.75, 3.05) is 13.2 Å². The molecule has 1 aromatic carbocycles. The highest BCUT2D eigenvalue weighted by molar-refractivity contribution is 9.10. The molecule has 0 unspecified atom stereocenters. The fourth-order valence-corrected chi connectivity index (χ4v) is 1.84. The minimum absolute atomic E-state index is 0.136. The summed E-state index contributed by atoms with van der Waals surface area (Å²) in [5.74, 6) is 0.991. The molecular formula is C13H16BrNO3. The van der Waals surface area contributed by atoms with E-state index >= 15 is 0 Å². The predicted octanol–water partition coefficient (Wildman–Crippen LogP) is 2.87. The van der Waals surface area contributed by atoms with Crippen LogP contribution in [0.25, 0.3) is 0 Å². The normalized spacial score (nSPS) is 10.9. The highest BCUT2D eigenvalue weighted by atomic mass is 79.9. The largest absolute Gasteiger partial charge is 0.490 e. The maximum atomic E-state index is 9.66. The molecule has 1 N–H and O–H groups in total. The Morgan fingerprint density at radius 2 is 2.06 bits per heavy atom. The van der Waals surface area contributed by atoms with Gasteiger partial charge < -0.3 is 14.6 Å². The Balaban J connectivity index is 3.05. The quantitative estimate of drug-likeness (QED) is 0.908. The molecule has 0 bridgehead atoms. The van der Waals surface area contributed by atoms with E-state index in [1.54, 1.807) is 26.0 Å². The van der Waals surface area contributed by atoms with Crippen molar-refractivity contribution in [1.82, 2.24) is 0 Å². The standard InChI is InChI=1S/C13H16BrNO3/c1-4-17-11-6-9(7-15)5-10(14)12(11)18-8-13(2,3)16/h5-6,16H,4,8H2,1-3H3. The molecule has 4 nitrogen and oxygen atoms in total. The van der Waals surface area contributed by atoms with Crippen LogP contribution in [0.15, 0.2) is 16.6 Å². The molecule has 1 aromatic rings. The van der Waals surface area contributed by atoms with Gasteiger partial charge in [0.25, 0.3) is 0 Å². The van der Waals surface area contributed by atoms with E-state index in [9.17, 15) is 5.11 Å². The zero-order valence-electron chi connectivity index (χ0n) is 10.7. The number of rotatable bonds is 5. The highest BCUT2D eigenvalue weighted by Gasteiger charge is 2.18. The summed E-state index contributed by atoms with van der Waals surface area (Å²) in [7, 11) is 0. The second-order valence-electron chi connectivity index (χ2n) is 4.43. The average molecular weight is 314 g/mol. The highest BCUT2D eigenvalue weighted by Crippen LogP contribution is 2.37. The second-order valence-corrected chi connectivity index (χ2v) is 5.29. The van der Waals surface area contributed by atoms with Gasteiger partial charge in [-0.25, -0.2) is 0 Å². The smallest absolute Gasteiger partial charge is 0.175 e. The molecule has 5 heteroatoms. The zero-order valence-corrected chi connectivity index (χ0v) is 12.2. The van der Waals surface area contributed by atoms with Gasteiger partial charge in [-0.1, -0.05) is 0 Å². The number of halogens is 1. The summed E-state index contributed by atoms with van der Waals surface area (Å²) in [6, 6.07) is 5.33. The van der Waals surface area contributed by atoms with E-state index in [2.05, 4.69) is 22.0 Å². The predicted molar refractivity (Wildman–Crippen MR) is 71.8 cm³/mol. The molecule has 0 aromatic heterocycles. The Morgan fingerprint density at radius 1 is 1.39 bits per heavy atom. The minimum Gasteiger partial charge on any atom is -0.490 e. The molecule has 1 rings (SSSR count). The lowest BCUT2D eigenvalue weighted by atomic mass is 10.1. The molecular weight excluding hydrogens is 298 g/mol. The van der Waals surface area contributed by atoms with Crippen molar-refractivity contribution in [2.24, 2.45) is 0 Å². The maximum Gasteiger partial charge on any atom is 0.175 e. The Labute approximate surface area is 115 Å². The lowest BCUT2D eigenvalue weighted by Crippen LogP contribution is -2.28. The van der Waals surface area contributed by atoms with Gasteiger partial charge in [0.1, 0.15) is 6.61 Å². The minimum atomic E-state index is -0.934. The third-order valence-corrected chi connectivity index (χ3v) is 2.60. The Bertz CT molecular complexity index is 461. The fraction of sp³-hybridized carbons (Fsp3) is 0.462. The van der Waals surface area contributed by atoms with Crippen molar-refractivity contribution in [1.29, 1.82) is 5.26 Å². The molecule has 0 heterocycles. The van der Waals surface area contributed by atoms with Crippen LogP contribution in [0, 0.1) is 11.3 Å². The number of aliphatic hydroxyl groups is 1. The summed E-state index contributed by atoms with van der Waals surface area (Å²) in [6.07, 6.45) is 0. The van der Waals surface area contributed by atoms with Crippen LogP contribution in [0.2, 0.25) is 0 Å². The first-order valence-corrected chi connectivity index (χ1v) is 6.38. The average Bonchev–Trinajstić information content (AvgIpc) is 2.26. The number of nitrogens with zero attached hydrogens (tertiary/aromatic N) is 1. The van der Waals surface area contributed by atoms with E-state index in [0.29, 0.717) is 28.1 Å². The molecule has 0 aliphatic rings. The van der Waals surface area contributed by atoms with Crippen molar-refractivity contribution in [3.8, 4) is 17.6 Å². The number of nitriles is 1. The number of ether oxygens (including phenoxy) is 2. The molecule has 0 aliphatic carbocycles. The Morgan fingerprint density at radius 3 is 2.56 bits per heavy atom. The summed E-state index contributed by atoms with van der Waals surface area (Å²) in [5, 5.41) is 18.6. The first kappa shape index (κ1) is 14.8. The van der Waals surface area contributed by atoms with E-state index < -0.39 is 5.60 Å². The van der Waals surface area contributed by atoms with Gasteiger partial charge in [0.2, 0.25) is 0 Å². The van der Waals surface area contributed by atoms with E-state index in [4.69, 9.17) is 14.7 Å². The third-order valence-electron chi connectivity index (χ3n) is 2.01. The van der Waals surface area contributed by atoms with E-state index in [1.165, 1.54) is 0 Å². The third kappa shape index (κ3) is 4.21. The van der Waals surface area contributed by atoms with E-state index in [0.717, 1.165) is 0 Å². The van der Waals surface area contributed by atoms with Gasteiger partial charge in [0, 0.05) is 6.07 Å². The van der Waals surface area contributed by atoms with Gasteiger partial charge in [-0.15, -0.1) is 0 Å². The fourth-order valence-electron chi connectivity index (χ4n) is 1.28. The van der Waals surface area contributed by atoms with Gasteiger partial charge in [0.15, 0.2) is 11.5 Å². The molecule has 0 fully saturated rings. The number of hydrogen-bond donors (Lipinski definition) is 1. The maximum absolute atomic E-state index is 9.66. The van der Waals surface area contributed by atoms with Crippen molar-refractivity contribution < 1.29 is 14.6 Å². The summed E-state index contributed by atoms with van der Waals surface area (Å²) < 4.78 is 11.6. The van der Waals surface area contributed by atoms with Crippen LogP contribution in [0.4, 0.5) is 0 Å². The van der Waals surface area contributed by atoms with Gasteiger partial charge in [-0.2, -0.15) is 5.26 Å². The van der Waals surface area contributed by atoms with E-state index in [1.807, 2.05) is 6.92 Å². The van der Waals surface area contributed by atoms with Gasteiger partial charge in [-0.3, -0.25) is 0 Å². The lowest BCUT2D eigenvalue weighted by Gasteiger charge is -2.20. The number of hydrogen-bond acceptors (Lipinski definition) is 4. The van der Waals surface area contributed by atoms with Crippen LogP contribution in [-0.2, 0) is 0 Å². The molecule has 0 saturated carbocycles. The second kappa shape index (κ2) is 6.07. The van der Waals surface area contributed by atoms with Crippen molar-refractivity contribution in [3.05, 3.63) is 22.2 Å². The molecule has 0 saturated heterocycles. The first-order valence-electron chi connectivity index (χ1n) is 5.59. The molecule has 18 heavy (non-hydrogen) atoms. The number of benzene rings is 1. The molecule has 0 aliphatic heterocycles. The molecule has 0 radical (unpaired) electrons. The molecule has 0 atom stereocenters. The van der Waals surface area contributed by atoms with Gasteiger partial charge in [-0.05, 0) is 42.8 Å². The monoisotopic (exact) mass is 313 g/mol. The van der Waals surface area contributed by atoms with Crippen LogP contribution in [0.3, 0.4) is 0 Å². The van der Waals surface area contributed by atoms with Gasteiger partial charge >= 0.3 is 0 Å². The molecule has 0 spiro atoms. The van der Waals surface area contributed by atoms with Crippen molar-refractivity contribution >= 4 is 15.9 Å². The van der Waals surface area contributed by atoms with Gasteiger partial charge in [0.05, 0.1) is 28.3 Å². The summed E-state index contributed by atoms with van der Waals surface area (Å²) in [4.78, 5) is 0. The molecule has 98 valence electrons. The van der Waals surface area contributed by atoms with Crippen LogP contribution < -0.4 is 9.47 Å². The van der Waals surface area contributed by atoms with Crippen molar-refractivity contribution in [2.45, 2.75) is 26.4 Å². The summed E-state index contributed by atoms with van der Waals surface area (Å²) in [6.45, 7) is 5.78. The summed E-state index contributed by atoms with van der Waals surface area (Å²) >= 11 is 3.34. The van der Waals surface area contributed by atoms with Crippen LogP contribution >= 0.6 is 15.9 Å². The van der Waals surface area contributed by atoms with Crippen LogP contribution in [0.5, 0.6) is 11.5 Å². The SMILES string of the molecule is CCOc1cc(C#N)cc(Br)c1OCC(C)(C)O.